The summed E-state index contributed by atoms with van der Waals surface area (Å²) in [5, 5.41) is 1.63. The average molecular weight is 131 g/mol. The molecule has 8 heavy (non-hydrogen) atoms. The second-order valence-electron chi connectivity index (χ2n) is 1.94. The van der Waals surface area contributed by atoms with Crippen LogP contribution in [0.4, 0.5) is 0 Å². The third-order valence-corrected chi connectivity index (χ3v) is 1.42. The van der Waals surface area contributed by atoms with Crippen molar-refractivity contribution < 1.29 is 0 Å². The van der Waals surface area contributed by atoms with Crippen molar-refractivity contribution in [2.24, 2.45) is 5.73 Å². The highest BCUT2D eigenvalue weighted by atomic mass is 32.1. The lowest BCUT2D eigenvalue weighted by Crippen LogP contribution is -2.19. The summed E-state index contributed by atoms with van der Waals surface area (Å²) in [6, 6.07) is 0.143. The van der Waals surface area contributed by atoms with Crippen molar-refractivity contribution in [2.75, 3.05) is 0 Å². The fourth-order valence-electron chi connectivity index (χ4n) is 0.508. The van der Waals surface area contributed by atoms with Crippen LogP contribution in [0.1, 0.15) is 26.2 Å². The molecular formula is C6H13NS. The molecule has 0 amide bonds. The van der Waals surface area contributed by atoms with Crippen molar-refractivity contribution in [1.29, 1.82) is 0 Å². The summed E-state index contributed by atoms with van der Waals surface area (Å²) < 4.78 is 0. The SMILES string of the molecule is CCCCC(N)C=S. The van der Waals surface area contributed by atoms with Gasteiger partial charge in [-0.25, -0.2) is 0 Å². The summed E-state index contributed by atoms with van der Waals surface area (Å²) in [6.45, 7) is 2.15. The van der Waals surface area contributed by atoms with E-state index in [0.29, 0.717) is 0 Å². The predicted octanol–water partition coefficient (Wildman–Crippen LogP) is 1.50. The number of thiocarbonyl (C=S) groups is 1. The summed E-state index contributed by atoms with van der Waals surface area (Å²) >= 11 is 4.64. The first kappa shape index (κ1) is 8.05. The average Bonchev–Trinajstić information content (AvgIpc) is 1.83. The van der Waals surface area contributed by atoms with E-state index in [1.807, 2.05) is 0 Å². The molecule has 0 aliphatic carbocycles. The topological polar surface area (TPSA) is 26.0 Å². The molecule has 48 valence electrons. The van der Waals surface area contributed by atoms with Crippen LogP contribution in [-0.4, -0.2) is 11.4 Å². The molecule has 0 aromatic carbocycles. The summed E-state index contributed by atoms with van der Waals surface area (Å²) in [5.74, 6) is 0. The van der Waals surface area contributed by atoms with Gasteiger partial charge in [-0.15, -0.1) is 0 Å². The van der Waals surface area contributed by atoms with Crippen molar-refractivity contribution in [2.45, 2.75) is 32.2 Å². The van der Waals surface area contributed by atoms with Crippen LogP contribution in [0, 0.1) is 0 Å². The van der Waals surface area contributed by atoms with E-state index in [1.54, 1.807) is 5.37 Å². The third kappa shape index (κ3) is 4.22. The lowest BCUT2D eigenvalue weighted by molar-refractivity contribution is 0.685. The molecular weight excluding hydrogens is 118 g/mol. The van der Waals surface area contributed by atoms with Crippen LogP contribution < -0.4 is 5.73 Å². The number of rotatable bonds is 4. The monoisotopic (exact) mass is 131 g/mol. The first-order chi connectivity index (χ1) is 3.81. The fourth-order valence-corrected chi connectivity index (χ4v) is 0.644. The normalized spacial score (nSPS) is 13.2. The van der Waals surface area contributed by atoms with Crippen molar-refractivity contribution in [1.82, 2.24) is 0 Å². The van der Waals surface area contributed by atoms with E-state index < -0.39 is 0 Å². The molecule has 1 atom stereocenters. The van der Waals surface area contributed by atoms with Gasteiger partial charge in [0.1, 0.15) is 0 Å². The molecule has 0 aromatic heterocycles. The van der Waals surface area contributed by atoms with Crippen LogP contribution in [0.3, 0.4) is 0 Å². The molecule has 0 heterocycles. The molecule has 0 radical (unpaired) electrons. The van der Waals surface area contributed by atoms with Crippen LogP contribution >= 0.6 is 12.2 Å². The standard InChI is InChI=1S/C6H13NS/c1-2-3-4-6(7)5-8/h5-6H,2-4,7H2,1H3. The highest BCUT2D eigenvalue weighted by Gasteiger charge is 1.92. The van der Waals surface area contributed by atoms with E-state index in [9.17, 15) is 0 Å². The second kappa shape index (κ2) is 5.19. The van der Waals surface area contributed by atoms with Gasteiger partial charge < -0.3 is 5.73 Å². The summed E-state index contributed by atoms with van der Waals surface area (Å²) in [6.07, 6.45) is 3.44. The minimum atomic E-state index is 0.143. The minimum absolute atomic E-state index is 0.143. The van der Waals surface area contributed by atoms with Gasteiger partial charge in [0.15, 0.2) is 0 Å². The molecule has 0 aliphatic rings. The quantitative estimate of drug-likeness (QED) is 0.585. The van der Waals surface area contributed by atoms with Gasteiger partial charge in [0, 0.05) is 6.04 Å². The van der Waals surface area contributed by atoms with E-state index in [2.05, 4.69) is 19.1 Å². The van der Waals surface area contributed by atoms with E-state index >= 15 is 0 Å². The highest BCUT2D eigenvalue weighted by molar-refractivity contribution is 7.79. The smallest absolute Gasteiger partial charge is 0.0328 e. The van der Waals surface area contributed by atoms with Crippen LogP contribution in [-0.2, 0) is 0 Å². The molecule has 0 saturated carbocycles. The minimum Gasteiger partial charge on any atom is -0.324 e. The number of nitrogens with two attached hydrogens (primary N) is 1. The lowest BCUT2D eigenvalue weighted by atomic mass is 10.2. The Morgan fingerprint density at radius 3 is 2.75 bits per heavy atom. The predicted molar refractivity (Wildman–Crippen MR) is 41.2 cm³/mol. The van der Waals surface area contributed by atoms with Gasteiger partial charge in [0.05, 0.1) is 0 Å². The Morgan fingerprint density at radius 1 is 1.75 bits per heavy atom. The van der Waals surface area contributed by atoms with E-state index in [0.717, 1.165) is 6.42 Å². The Balaban J connectivity index is 2.98. The van der Waals surface area contributed by atoms with Crippen LogP contribution in [0.25, 0.3) is 0 Å². The lowest BCUT2D eigenvalue weighted by Gasteiger charge is -2.00. The van der Waals surface area contributed by atoms with E-state index in [1.165, 1.54) is 12.8 Å². The second-order valence-corrected chi connectivity index (χ2v) is 2.21. The summed E-state index contributed by atoms with van der Waals surface area (Å²) in [4.78, 5) is 0. The van der Waals surface area contributed by atoms with Crippen molar-refractivity contribution in [3.63, 3.8) is 0 Å². The Labute approximate surface area is 56.3 Å². The van der Waals surface area contributed by atoms with Gasteiger partial charge in [-0.05, 0) is 11.8 Å². The molecule has 1 unspecified atom stereocenters. The van der Waals surface area contributed by atoms with E-state index in [-0.39, 0.29) is 6.04 Å². The zero-order valence-electron chi connectivity index (χ0n) is 5.26. The number of hydrogen-bond donors (Lipinski definition) is 1. The maximum atomic E-state index is 5.50. The first-order valence-electron chi connectivity index (χ1n) is 3.02. The number of unbranched alkanes of at least 4 members (excludes halogenated alkanes) is 1. The molecule has 0 aliphatic heterocycles. The van der Waals surface area contributed by atoms with Gasteiger partial charge >= 0.3 is 0 Å². The van der Waals surface area contributed by atoms with Gasteiger partial charge in [-0.1, -0.05) is 32.0 Å². The van der Waals surface area contributed by atoms with Crippen molar-refractivity contribution in [3.05, 3.63) is 0 Å². The van der Waals surface area contributed by atoms with Crippen LogP contribution in [0.5, 0.6) is 0 Å². The molecule has 2 heteroatoms. The Morgan fingerprint density at radius 2 is 2.38 bits per heavy atom. The molecule has 1 nitrogen and oxygen atoms in total. The van der Waals surface area contributed by atoms with Crippen LogP contribution in [0.15, 0.2) is 0 Å². The van der Waals surface area contributed by atoms with E-state index in [4.69, 9.17) is 5.73 Å². The summed E-state index contributed by atoms with van der Waals surface area (Å²) in [5.41, 5.74) is 5.50. The highest BCUT2D eigenvalue weighted by Crippen LogP contribution is 1.95. The third-order valence-electron chi connectivity index (χ3n) is 1.07. The zero-order valence-corrected chi connectivity index (χ0v) is 6.08. The first-order valence-corrected chi connectivity index (χ1v) is 3.49. The van der Waals surface area contributed by atoms with Gasteiger partial charge in [0.2, 0.25) is 0 Å². The molecule has 0 saturated heterocycles. The molecule has 0 spiro atoms. The van der Waals surface area contributed by atoms with Crippen molar-refractivity contribution >= 4 is 17.6 Å². The molecule has 0 rings (SSSR count). The maximum absolute atomic E-state index is 5.50. The fraction of sp³-hybridized carbons (Fsp3) is 0.833. The maximum Gasteiger partial charge on any atom is 0.0328 e. The molecule has 2 N–H and O–H groups in total. The number of hydrogen-bond acceptors (Lipinski definition) is 2. The van der Waals surface area contributed by atoms with Gasteiger partial charge in [0.25, 0.3) is 0 Å². The van der Waals surface area contributed by atoms with Crippen molar-refractivity contribution in [3.8, 4) is 0 Å². The van der Waals surface area contributed by atoms with Crippen LogP contribution in [0.2, 0.25) is 0 Å². The molecule has 0 fully saturated rings. The molecule has 0 bridgehead atoms. The largest absolute Gasteiger partial charge is 0.324 e. The van der Waals surface area contributed by atoms with Gasteiger partial charge in [-0.3, -0.25) is 0 Å². The Hall–Kier alpha value is 0.0500. The zero-order chi connectivity index (χ0) is 6.41. The Kier molecular flexibility index (Phi) is 5.22. The molecule has 0 aromatic rings. The summed E-state index contributed by atoms with van der Waals surface area (Å²) in [7, 11) is 0. The van der Waals surface area contributed by atoms with Gasteiger partial charge in [-0.2, -0.15) is 0 Å². The Bertz CT molecular complexity index is 63.5.